The van der Waals surface area contributed by atoms with E-state index in [1.807, 2.05) is 48.5 Å². The maximum atomic E-state index is 7.33. The molecule has 44 heteroatoms. The molecule has 40 N–H and O–H groups in total. The van der Waals surface area contributed by atoms with Gasteiger partial charge in [0.15, 0.2) is 0 Å². The molecule has 0 fully saturated rings. The van der Waals surface area contributed by atoms with Gasteiger partial charge in [0.05, 0.1) is 0 Å². The minimum atomic E-state index is -2.23. The van der Waals surface area contributed by atoms with Crippen LogP contribution >= 0.6 is 259 Å². The number of rotatable bonds is 68. The van der Waals surface area contributed by atoms with Crippen LogP contribution in [0, 0.1) is 0 Å². The van der Waals surface area contributed by atoms with E-state index in [0.29, 0.717) is 62.2 Å². The van der Waals surface area contributed by atoms with Crippen LogP contribution in [0.5, 0.6) is 0 Å². The van der Waals surface area contributed by atoms with E-state index >= 15 is 0 Å². The monoisotopic (exact) mass is 2330 g/mol. The largest absolute Gasteiger partial charge is 0.330 e. The van der Waals surface area contributed by atoms with E-state index in [4.69, 9.17) is 175 Å². The molecule has 0 aromatic carbocycles. The lowest BCUT2D eigenvalue weighted by atomic mass is 10.5. The lowest BCUT2D eigenvalue weighted by Gasteiger charge is -1.93. The molecule has 0 radical (unpaired) electrons. The molecule has 128 heavy (non-hydrogen) atoms. The van der Waals surface area contributed by atoms with E-state index in [2.05, 4.69) is 27.7 Å². The first-order valence-corrected chi connectivity index (χ1v) is 68.9. The SMILES string of the molecule is [2H]C(C)C([2H])([2H])N.[2H]C(C)C([2H])N.[2H]C(C)CN.[2H]C(C)CSSC([2H])C([2H])N.[2H]C(C)CSSC([2H])CN.[2H]C(C)CSSCC([2H])N.[2H]C(CC)SSC([2H])C([2H])N.[2H]C(CC)SSC([2H])CN.[2H]C(CN)SSC([2H])C([2H])C.[2H]C(CN)SSCCC.[2H]C(N)C([2H])([2H])C.[2H]C(N)C([2H])SSCCC.[2H]C(N)CC.[2H]C(N)CSSC([2H])CC.[2H]C(N)CSSCCC.[2H]C(SSCCC)C([2H])([2H])N.[2H]C([2H])(C)C([2H])([2H])N.[2H]C([2H])(C)CN.[2H]C([2H])(N)CC.[2H]C([2H])(N)CSSCCC. The summed E-state index contributed by atoms with van der Waals surface area (Å²) >= 11 is 0. The molecule has 0 bridgehead atoms. The molecule has 0 aromatic rings. The van der Waals surface area contributed by atoms with Gasteiger partial charge in [-0.2, -0.15) is 0 Å². The maximum absolute atomic E-state index is 7.33. The molecule has 28 atom stereocenters. The molecule has 0 aliphatic carbocycles. The summed E-state index contributed by atoms with van der Waals surface area (Å²) in [6.07, 6.45) is 2.59. The van der Waals surface area contributed by atoms with Gasteiger partial charge in [-0.05, 0) is 180 Å². The molecular formula is C84H228N20S24. The van der Waals surface area contributed by atoms with Crippen LogP contribution in [0.15, 0.2) is 0 Å². The van der Waals surface area contributed by atoms with Crippen molar-refractivity contribution in [1.29, 1.82) is 0 Å². The topological polar surface area (TPSA) is 520 Å². The van der Waals surface area contributed by atoms with Crippen LogP contribution in [-0.2, 0) is 0 Å². The molecule has 0 spiro atoms. The lowest BCUT2D eigenvalue weighted by Crippen LogP contribution is -1.99. The number of nitrogens with two attached hydrogens (primary N) is 20. The maximum Gasteiger partial charge on any atom is 0.0434 e. The fraction of sp³-hybridized carbons (Fsp3) is 1.00. The second kappa shape index (κ2) is 263. The molecular weight excluding hydrogens is 2060 g/mol. The first kappa shape index (κ1) is 96.4. The minimum Gasteiger partial charge on any atom is -0.330 e. The predicted molar refractivity (Wildman–Crippen MR) is 686 cm³/mol. The van der Waals surface area contributed by atoms with Gasteiger partial charge in [0.2, 0.25) is 0 Å². The fourth-order valence-corrected chi connectivity index (χ4v) is 21.2. The highest BCUT2D eigenvalue weighted by atomic mass is 33.1. The third-order valence-electron chi connectivity index (χ3n) is 7.22. The van der Waals surface area contributed by atoms with Gasteiger partial charge >= 0.3 is 0 Å². The first-order valence-electron chi connectivity index (χ1n) is 64.4. The van der Waals surface area contributed by atoms with Crippen LogP contribution < -0.4 is 115 Å². The van der Waals surface area contributed by atoms with Crippen molar-refractivity contribution in [2.45, 2.75) is 267 Å². The van der Waals surface area contributed by atoms with E-state index in [0.717, 1.165) is 97.9 Å². The zero-order chi connectivity index (χ0) is 141. The van der Waals surface area contributed by atoms with Gasteiger partial charge in [-0.25, -0.2) is 0 Å². The van der Waals surface area contributed by atoms with Crippen molar-refractivity contribution >= 4 is 259 Å². The van der Waals surface area contributed by atoms with Gasteiger partial charge in [0, 0.05) is 276 Å². The molecule has 808 valence electrons. The summed E-state index contributed by atoms with van der Waals surface area (Å²) in [6, 6.07) is 0. The van der Waals surface area contributed by atoms with Gasteiger partial charge in [0.25, 0.3) is 0 Å². The quantitative estimate of drug-likeness (QED) is 0.0199. The van der Waals surface area contributed by atoms with Crippen molar-refractivity contribution in [3.05, 3.63) is 0 Å². The van der Waals surface area contributed by atoms with Crippen molar-refractivity contribution in [1.82, 2.24) is 0 Å². The molecule has 20 nitrogen and oxygen atoms in total. The van der Waals surface area contributed by atoms with Crippen molar-refractivity contribution in [2.75, 3.05) is 268 Å². The van der Waals surface area contributed by atoms with Crippen LogP contribution in [0.2, 0.25) is 0 Å². The standard InChI is InChI=1S/12C5H13NS2.8C3H9N/c12*1-2-4-7-8-5-3-6;8*1-2-3-4/h12*2-6H2,1H3;8*2-4H2,1H3/i3D,4D,5D;2D,4D,5D;2D,3D,5D;4D,5D;3D2,5D;3D,5D;3D,4D;2D,5D;2D,3D;5D;3D2;3D;2D2,3D2;2D2,3D;2D,3D2;2D,3D;3D2;3D;2D2;2D. The number of hydrogen-bond acceptors (Lipinski definition) is 44. The van der Waals surface area contributed by atoms with E-state index < -0.39 is 152 Å². The Kier molecular flexibility index (Phi) is 198. The van der Waals surface area contributed by atoms with Crippen molar-refractivity contribution in [3.8, 4) is 0 Å². The highest BCUT2D eigenvalue weighted by molar-refractivity contribution is 8.79. The molecule has 0 rings (SSSR count). The lowest BCUT2D eigenvalue weighted by molar-refractivity contribution is 0.932. The van der Waals surface area contributed by atoms with E-state index in [1.165, 1.54) is 196 Å². The van der Waals surface area contributed by atoms with Crippen LogP contribution in [0.4, 0.5) is 0 Å². The second-order valence-electron chi connectivity index (χ2n) is 18.7. The Bertz CT molecular complexity index is 2840. The minimum absolute atomic E-state index is 0.0144. The van der Waals surface area contributed by atoms with Gasteiger partial charge in [0.1, 0.15) is 0 Å². The van der Waals surface area contributed by atoms with Crippen LogP contribution in [0.25, 0.3) is 0 Å². The number of hydrogen-bond donors (Lipinski definition) is 20. The molecule has 0 amide bonds. The molecule has 0 heterocycles. The third kappa shape index (κ3) is 411. The van der Waals surface area contributed by atoms with Crippen LogP contribution in [-0.4, -0.2) is 268 Å². The molecule has 0 aliphatic rings. The third-order valence-corrected chi connectivity index (χ3v) is 33.3. The van der Waals surface area contributed by atoms with Gasteiger partial charge < -0.3 is 115 Å². The van der Waals surface area contributed by atoms with Crippen molar-refractivity contribution < 1.29 is 60.3 Å². The predicted octanol–water partition coefficient (Wildman–Crippen LogP) is 23.7. The van der Waals surface area contributed by atoms with Crippen molar-refractivity contribution in [3.63, 3.8) is 0 Å². The first-order chi connectivity index (χ1) is 78.1. The Balaban J connectivity index is -0.0000000788. The zero-order valence-electron chi connectivity index (χ0n) is 125. The van der Waals surface area contributed by atoms with Crippen molar-refractivity contribution in [2.24, 2.45) is 115 Å². The Morgan fingerprint density at radius 2 is 0.352 bits per heavy atom. The average molecular weight is 2330 g/mol. The van der Waals surface area contributed by atoms with Crippen LogP contribution in [0.1, 0.15) is 327 Å². The molecule has 0 aromatic heterocycles. The summed E-state index contributed by atoms with van der Waals surface area (Å²) in [6.45, 7) is 22.9. The summed E-state index contributed by atoms with van der Waals surface area (Å²) in [4.78, 5) is 0. The Labute approximate surface area is 961 Å². The van der Waals surface area contributed by atoms with Gasteiger partial charge in [-0.15, -0.1) is 0 Å². The summed E-state index contributed by atoms with van der Waals surface area (Å²) in [5, 5.41) is 0. The Morgan fingerprint density at radius 3 is 0.539 bits per heavy atom. The smallest absolute Gasteiger partial charge is 0.0434 e. The molecule has 0 saturated heterocycles. The van der Waals surface area contributed by atoms with Gasteiger partial charge in [-0.1, -0.05) is 398 Å². The van der Waals surface area contributed by atoms with E-state index in [-0.39, 0.29) is 78.8 Å². The van der Waals surface area contributed by atoms with E-state index in [1.54, 1.807) is 132 Å². The average Bonchev–Trinajstić information content (AvgIpc) is 0.867. The zero-order valence-corrected chi connectivity index (χ0v) is 101. The summed E-state index contributed by atoms with van der Waals surface area (Å²) < 4.78 is 306. The Morgan fingerprint density at radius 1 is 0.133 bits per heavy atom. The highest BCUT2D eigenvalue weighted by Crippen LogP contribution is 2.26. The normalized spacial score (nSPS) is 22.0. The summed E-state index contributed by atoms with van der Waals surface area (Å²) in [5.41, 5.74) is 96.7. The fourth-order valence-electron chi connectivity index (χ4n) is 2.36. The second-order valence-corrected chi connectivity index (χ2v) is 47.2. The molecule has 0 aliphatic heterocycles. The Hall–Kier alpha value is 7.60. The van der Waals surface area contributed by atoms with E-state index in [9.17, 15) is 0 Å². The summed E-state index contributed by atoms with van der Waals surface area (Å²) in [7, 11) is 35.4. The van der Waals surface area contributed by atoms with Crippen LogP contribution in [0.3, 0.4) is 0 Å². The highest BCUT2D eigenvalue weighted by Gasteiger charge is 1.92. The van der Waals surface area contributed by atoms with Gasteiger partial charge in [-0.3, -0.25) is 0 Å². The molecule has 28 unspecified atom stereocenters. The molecule has 0 saturated carbocycles. The summed E-state index contributed by atoms with van der Waals surface area (Å²) in [5.74, 6) is 9.99.